The minimum absolute atomic E-state index is 0.183. The highest BCUT2D eigenvalue weighted by atomic mass is 35.5. The van der Waals surface area contributed by atoms with Gasteiger partial charge in [-0.05, 0) is 43.7 Å². The van der Waals surface area contributed by atoms with E-state index in [2.05, 4.69) is 29.0 Å². The number of benzene rings is 1. The van der Waals surface area contributed by atoms with Crippen molar-refractivity contribution in [2.75, 3.05) is 31.2 Å². The third-order valence-corrected chi connectivity index (χ3v) is 4.69. The molecule has 1 aliphatic rings. The molecule has 0 fully saturated rings. The van der Waals surface area contributed by atoms with Gasteiger partial charge >= 0.3 is 0 Å². The van der Waals surface area contributed by atoms with Gasteiger partial charge in [0.15, 0.2) is 11.5 Å². The molecule has 6 nitrogen and oxygen atoms in total. The van der Waals surface area contributed by atoms with Crippen molar-refractivity contribution in [2.45, 2.75) is 26.8 Å². The van der Waals surface area contributed by atoms with Gasteiger partial charge in [-0.1, -0.05) is 11.6 Å². The average Bonchev–Trinajstić information content (AvgIpc) is 2.93. The van der Waals surface area contributed by atoms with Crippen LogP contribution in [0.3, 0.4) is 0 Å². The van der Waals surface area contributed by atoms with Gasteiger partial charge in [0.1, 0.15) is 5.82 Å². The van der Waals surface area contributed by atoms with E-state index in [0.29, 0.717) is 41.8 Å². The molecule has 0 atom stereocenters. The summed E-state index contributed by atoms with van der Waals surface area (Å²) < 4.78 is 11.3. The van der Waals surface area contributed by atoms with Crippen LogP contribution in [-0.2, 0) is 6.54 Å². The molecule has 2 aromatic rings. The zero-order valence-electron chi connectivity index (χ0n) is 15.6. The van der Waals surface area contributed by atoms with Gasteiger partial charge in [0.25, 0.3) is 5.91 Å². The van der Waals surface area contributed by atoms with Crippen LogP contribution in [0.4, 0.5) is 5.82 Å². The number of carbonyl (C=O) groups is 1. The first-order valence-electron chi connectivity index (χ1n) is 9.19. The van der Waals surface area contributed by atoms with Crippen LogP contribution >= 0.6 is 11.6 Å². The maximum absolute atomic E-state index is 12.4. The first kappa shape index (κ1) is 19.3. The fraction of sp³-hybridized carbons (Fsp3) is 0.400. The number of ether oxygens (including phenoxy) is 2. The number of aromatic nitrogens is 1. The molecule has 0 aliphatic carbocycles. The fourth-order valence-electron chi connectivity index (χ4n) is 2.93. The number of carbonyl (C=O) groups excluding carboxylic acids is 1. The average molecular weight is 390 g/mol. The molecular formula is C20H24ClN3O3. The number of halogens is 1. The summed E-state index contributed by atoms with van der Waals surface area (Å²) in [4.78, 5) is 18.9. The quantitative estimate of drug-likeness (QED) is 0.816. The van der Waals surface area contributed by atoms with Crippen molar-refractivity contribution in [3.05, 3.63) is 46.6 Å². The van der Waals surface area contributed by atoms with Crippen molar-refractivity contribution in [1.82, 2.24) is 10.3 Å². The van der Waals surface area contributed by atoms with Crippen LogP contribution < -0.4 is 19.7 Å². The predicted octanol–water partition coefficient (Wildman–Crippen LogP) is 3.67. The van der Waals surface area contributed by atoms with Crippen molar-refractivity contribution in [3.63, 3.8) is 0 Å². The Morgan fingerprint density at radius 1 is 1.22 bits per heavy atom. The van der Waals surface area contributed by atoms with Crippen LogP contribution in [0.1, 0.15) is 36.2 Å². The van der Waals surface area contributed by atoms with E-state index in [1.54, 1.807) is 18.3 Å². The molecule has 0 unspecified atom stereocenters. The molecule has 1 aromatic carbocycles. The molecule has 7 heteroatoms. The van der Waals surface area contributed by atoms with Gasteiger partial charge in [-0.25, -0.2) is 4.98 Å². The summed E-state index contributed by atoms with van der Waals surface area (Å²) in [5.74, 6) is 1.87. The van der Waals surface area contributed by atoms with Crippen LogP contribution in [0.5, 0.6) is 11.5 Å². The molecule has 1 aliphatic heterocycles. The summed E-state index contributed by atoms with van der Waals surface area (Å²) in [6.07, 6.45) is 2.41. The minimum atomic E-state index is -0.183. The van der Waals surface area contributed by atoms with E-state index in [1.165, 1.54) is 0 Å². The number of nitrogens with one attached hydrogen (secondary N) is 1. The van der Waals surface area contributed by atoms with E-state index in [4.69, 9.17) is 21.1 Å². The molecule has 1 amide bonds. The van der Waals surface area contributed by atoms with E-state index in [0.717, 1.165) is 30.9 Å². The first-order valence-corrected chi connectivity index (χ1v) is 9.57. The SMILES string of the molecule is CCN(CC)c1ccc(C(=O)NCc2cc(Cl)c3c(c2)OCCCO3)cn1. The molecule has 1 aromatic heterocycles. The Morgan fingerprint density at radius 2 is 2.00 bits per heavy atom. The molecule has 2 heterocycles. The molecule has 144 valence electrons. The standard InChI is InChI=1S/C20H24ClN3O3/c1-3-24(4-2)18-7-6-15(13-22-18)20(25)23-12-14-10-16(21)19-17(11-14)26-8-5-9-27-19/h6-7,10-11,13H,3-5,8-9,12H2,1-2H3,(H,23,25). The Balaban J connectivity index is 1.65. The van der Waals surface area contributed by atoms with E-state index < -0.39 is 0 Å². The lowest BCUT2D eigenvalue weighted by Crippen LogP contribution is -2.25. The third-order valence-electron chi connectivity index (χ3n) is 4.41. The lowest BCUT2D eigenvalue weighted by Gasteiger charge is -2.19. The molecule has 3 rings (SSSR count). The number of amides is 1. The minimum Gasteiger partial charge on any atom is -0.489 e. The van der Waals surface area contributed by atoms with Gasteiger partial charge in [-0.15, -0.1) is 0 Å². The van der Waals surface area contributed by atoms with Crippen LogP contribution in [0.15, 0.2) is 30.5 Å². The van der Waals surface area contributed by atoms with Crippen molar-refractivity contribution < 1.29 is 14.3 Å². The molecule has 0 bridgehead atoms. The van der Waals surface area contributed by atoms with Crippen molar-refractivity contribution in [3.8, 4) is 11.5 Å². The highest BCUT2D eigenvalue weighted by Crippen LogP contribution is 2.37. The Hall–Kier alpha value is -2.47. The van der Waals surface area contributed by atoms with Gasteiger partial charge in [0, 0.05) is 32.3 Å². The van der Waals surface area contributed by atoms with Crippen LogP contribution in [0.25, 0.3) is 0 Å². The molecule has 0 spiro atoms. The van der Waals surface area contributed by atoms with Crippen molar-refractivity contribution in [1.29, 1.82) is 0 Å². The van der Waals surface area contributed by atoms with E-state index in [1.807, 2.05) is 12.1 Å². The normalized spacial score (nSPS) is 13.0. The second-order valence-electron chi connectivity index (χ2n) is 6.22. The number of pyridine rings is 1. The van der Waals surface area contributed by atoms with Crippen molar-refractivity contribution in [2.24, 2.45) is 0 Å². The van der Waals surface area contributed by atoms with Gasteiger partial charge in [-0.2, -0.15) is 0 Å². The van der Waals surface area contributed by atoms with Gasteiger partial charge < -0.3 is 19.7 Å². The molecular weight excluding hydrogens is 366 g/mol. The highest BCUT2D eigenvalue weighted by molar-refractivity contribution is 6.32. The Bertz CT molecular complexity index is 792. The summed E-state index contributed by atoms with van der Waals surface area (Å²) in [6.45, 7) is 7.41. The van der Waals surface area contributed by atoms with Crippen LogP contribution in [-0.4, -0.2) is 37.2 Å². The summed E-state index contributed by atoms with van der Waals surface area (Å²) in [5.41, 5.74) is 1.37. The predicted molar refractivity (Wildman–Crippen MR) is 106 cm³/mol. The lowest BCUT2D eigenvalue weighted by atomic mass is 10.2. The maximum Gasteiger partial charge on any atom is 0.253 e. The topological polar surface area (TPSA) is 63.7 Å². The van der Waals surface area contributed by atoms with E-state index >= 15 is 0 Å². The van der Waals surface area contributed by atoms with Crippen LogP contribution in [0.2, 0.25) is 5.02 Å². The van der Waals surface area contributed by atoms with Gasteiger partial charge in [0.2, 0.25) is 0 Å². The second-order valence-corrected chi connectivity index (χ2v) is 6.62. The molecule has 27 heavy (non-hydrogen) atoms. The molecule has 0 saturated heterocycles. The smallest absolute Gasteiger partial charge is 0.253 e. The molecule has 0 saturated carbocycles. The number of fused-ring (bicyclic) bond motifs is 1. The molecule has 1 N–H and O–H groups in total. The fourth-order valence-corrected chi connectivity index (χ4v) is 3.21. The molecule has 0 radical (unpaired) electrons. The number of nitrogens with zero attached hydrogens (tertiary/aromatic N) is 2. The zero-order chi connectivity index (χ0) is 19.2. The maximum atomic E-state index is 12.4. The lowest BCUT2D eigenvalue weighted by molar-refractivity contribution is 0.0950. The second kappa shape index (κ2) is 8.95. The summed E-state index contributed by atoms with van der Waals surface area (Å²) in [5, 5.41) is 3.38. The van der Waals surface area contributed by atoms with Crippen molar-refractivity contribution >= 4 is 23.3 Å². The number of anilines is 1. The number of hydrogen-bond donors (Lipinski definition) is 1. The first-order chi connectivity index (χ1) is 13.1. The summed E-state index contributed by atoms with van der Waals surface area (Å²) in [6, 6.07) is 7.30. The van der Waals surface area contributed by atoms with E-state index in [-0.39, 0.29) is 5.91 Å². The highest BCUT2D eigenvalue weighted by Gasteiger charge is 2.16. The Morgan fingerprint density at radius 3 is 2.70 bits per heavy atom. The zero-order valence-corrected chi connectivity index (χ0v) is 16.4. The van der Waals surface area contributed by atoms with E-state index in [9.17, 15) is 4.79 Å². The number of rotatable bonds is 6. The third kappa shape index (κ3) is 4.63. The monoisotopic (exact) mass is 389 g/mol. The van der Waals surface area contributed by atoms with Gasteiger partial charge in [0.05, 0.1) is 23.8 Å². The van der Waals surface area contributed by atoms with Crippen LogP contribution in [0, 0.1) is 0 Å². The Labute approximate surface area is 164 Å². The van der Waals surface area contributed by atoms with Gasteiger partial charge in [-0.3, -0.25) is 4.79 Å². The summed E-state index contributed by atoms with van der Waals surface area (Å²) in [7, 11) is 0. The largest absolute Gasteiger partial charge is 0.489 e. The summed E-state index contributed by atoms with van der Waals surface area (Å²) >= 11 is 6.29. The number of hydrogen-bond acceptors (Lipinski definition) is 5. The Kier molecular flexibility index (Phi) is 6.40.